The Labute approximate surface area is 91.6 Å². The van der Waals surface area contributed by atoms with Crippen molar-refractivity contribution in [3.63, 3.8) is 0 Å². The van der Waals surface area contributed by atoms with Gasteiger partial charge in [-0.15, -0.1) is 0 Å². The molecule has 1 heterocycles. The molecule has 2 fully saturated rings. The van der Waals surface area contributed by atoms with Crippen molar-refractivity contribution in [1.82, 2.24) is 4.90 Å². The molecule has 0 radical (unpaired) electrons. The molecule has 2 N–H and O–H groups in total. The highest BCUT2D eigenvalue weighted by Crippen LogP contribution is 2.23. The van der Waals surface area contributed by atoms with Gasteiger partial charge in [-0.25, -0.2) is 0 Å². The van der Waals surface area contributed by atoms with E-state index in [1.165, 1.54) is 56.7 Å². The summed E-state index contributed by atoms with van der Waals surface area (Å²) in [6.07, 6.45) is 6.68. The Kier molecular flexibility index (Phi) is 4.14. The van der Waals surface area contributed by atoms with E-state index in [-0.39, 0.29) is 0 Å². The van der Waals surface area contributed by atoms with Crippen LogP contribution < -0.4 is 5.73 Å². The van der Waals surface area contributed by atoms with E-state index in [1.807, 2.05) is 0 Å². The maximum absolute atomic E-state index is 6.21. The van der Waals surface area contributed by atoms with Crippen LogP contribution in [0, 0.1) is 0 Å². The van der Waals surface area contributed by atoms with Crippen molar-refractivity contribution in [3.05, 3.63) is 0 Å². The molecule has 82 valence electrons. The van der Waals surface area contributed by atoms with Gasteiger partial charge in [-0.1, -0.05) is 12.8 Å². The van der Waals surface area contributed by atoms with Crippen molar-refractivity contribution in [1.29, 1.82) is 0 Å². The van der Waals surface area contributed by atoms with Gasteiger partial charge in [-0.3, -0.25) is 4.90 Å². The van der Waals surface area contributed by atoms with E-state index in [2.05, 4.69) is 16.7 Å². The van der Waals surface area contributed by atoms with Gasteiger partial charge in [0.1, 0.15) is 0 Å². The number of thioether (sulfide) groups is 1. The predicted molar refractivity (Wildman–Crippen MR) is 63.7 cm³/mol. The van der Waals surface area contributed by atoms with Gasteiger partial charge >= 0.3 is 0 Å². The minimum Gasteiger partial charge on any atom is -0.326 e. The van der Waals surface area contributed by atoms with E-state index >= 15 is 0 Å². The second-order valence-corrected chi connectivity index (χ2v) is 5.74. The topological polar surface area (TPSA) is 29.3 Å². The summed E-state index contributed by atoms with van der Waals surface area (Å²) in [4.78, 5) is 2.66. The molecule has 0 aromatic carbocycles. The van der Waals surface area contributed by atoms with Crippen LogP contribution in [-0.2, 0) is 0 Å². The summed E-state index contributed by atoms with van der Waals surface area (Å²) in [6, 6.07) is 1.15. The minimum absolute atomic E-state index is 0.451. The molecule has 2 unspecified atom stereocenters. The molecule has 0 amide bonds. The normalized spacial score (nSPS) is 36.6. The maximum Gasteiger partial charge on any atom is 0.0247 e. The lowest BCUT2D eigenvalue weighted by molar-refractivity contribution is 0.147. The maximum atomic E-state index is 6.21. The third-order valence-electron chi connectivity index (χ3n) is 3.51. The summed E-state index contributed by atoms with van der Waals surface area (Å²) in [5, 5.41) is 0. The fourth-order valence-corrected chi connectivity index (χ4v) is 3.59. The Hall–Kier alpha value is 0.270. The molecule has 1 saturated heterocycles. The van der Waals surface area contributed by atoms with E-state index < -0.39 is 0 Å². The van der Waals surface area contributed by atoms with Crippen LogP contribution in [0.4, 0.5) is 0 Å². The van der Waals surface area contributed by atoms with Crippen molar-refractivity contribution in [2.24, 2.45) is 5.73 Å². The number of hydrogen-bond donors (Lipinski definition) is 1. The first-order chi connectivity index (χ1) is 6.88. The average molecular weight is 214 g/mol. The van der Waals surface area contributed by atoms with Crippen molar-refractivity contribution in [3.8, 4) is 0 Å². The summed E-state index contributed by atoms with van der Waals surface area (Å²) in [7, 11) is 0. The van der Waals surface area contributed by atoms with Gasteiger partial charge in [-0.2, -0.15) is 11.8 Å². The molecule has 1 aliphatic carbocycles. The number of rotatable bonds is 1. The van der Waals surface area contributed by atoms with Gasteiger partial charge in [0.15, 0.2) is 0 Å². The van der Waals surface area contributed by atoms with Crippen LogP contribution in [0.2, 0.25) is 0 Å². The van der Waals surface area contributed by atoms with Crippen LogP contribution in [-0.4, -0.2) is 41.6 Å². The Morgan fingerprint density at radius 3 is 2.71 bits per heavy atom. The van der Waals surface area contributed by atoms with E-state index in [4.69, 9.17) is 5.73 Å². The highest BCUT2D eigenvalue weighted by Gasteiger charge is 2.27. The predicted octanol–water partition coefficient (Wildman–Crippen LogP) is 1.70. The first-order valence-electron chi connectivity index (χ1n) is 5.95. The van der Waals surface area contributed by atoms with Crippen LogP contribution >= 0.6 is 11.8 Å². The third-order valence-corrected chi connectivity index (χ3v) is 4.56. The molecule has 2 nitrogen and oxygen atoms in total. The van der Waals surface area contributed by atoms with Crippen LogP contribution in [0.25, 0.3) is 0 Å². The van der Waals surface area contributed by atoms with Crippen LogP contribution in [0.15, 0.2) is 0 Å². The van der Waals surface area contributed by atoms with Gasteiger partial charge < -0.3 is 5.73 Å². The molecule has 14 heavy (non-hydrogen) atoms. The molecular weight excluding hydrogens is 192 g/mol. The summed E-state index contributed by atoms with van der Waals surface area (Å²) < 4.78 is 0. The molecule has 1 aliphatic heterocycles. The van der Waals surface area contributed by atoms with Crippen molar-refractivity contribution >= 4 is 11.8 Å². The molecule has 1 saturated carbocycles. The van der Waals surface area contributed by atoms with E-state index in [0.29, 0.717) is 12.1 Å². The molecule has 3 heteroatoms. The van der Waals surface area contributed by atoms with Gasteiger partial charge in [0.05, 0.1) is 0 Å². The zero-order valence-electron chi connectivity index (χ0n) is 8.95. The average Bonchev–Trinajstić information content (AvgIpc) is 2.47. The van der Waals surface area contributed by atoms with E-state index in [1.54, 1.807) is 0 Å². The zero-order valence-corrected chi connectivity index (χ0v) is 9.77. The highest BCUT2D eigenvalue weighted by atomic mass is 32.2. The van der Waals surface area contributed by atoms with Gasteiger partial charge in [0, 0.05) is 24.4 Å². The number of nitrogens with zero attached hydrogens (tertiary/aromatic N) is 1. The van der Waals surface area contributed by atoms with E-state index in [0.717, 1.165) is 0 Å². The summed E-state index contributed by atoms with van der Waals surface area (Å²) >= 11 is 2.10. The van der Waals surface area contributed by atoms with Gasteiger partial charge in [-0.05, 0) is 31.6 Å². The molecule has 0 aromatic rings. The van der Waals surface area contributed by atoms with Crippen molar-refractivity contribution < 1.29 is 0 Å². The number of hydrogen-bond acceptors (Lipinski definition) is 3. The molecular formula is C11H22N2S. The molecule has 0 bridgehead atoms. The molecule has 0 spiro atoms. The quantitative estimate of drug-likeness (QED) is 0.720. The first kappa shape index (κ1) is 10.8. The highest BCUT2D eigenvalue weighted by molar-refractivity contribution is 7.99. The standard InChI is InChI=1S/C11H22N2S/c12-10-4-1-2-5-11(10)13-6-3-8-14-9-7-13/h10-11H,1-9,12H2. The minimum atomic E-state index is 0.451. The lowest BCUT2D eigenvalue weighted by Crippen LogP contribution is -2.50. The van der Waals surface area contributed by atoms with Crippen LogP contribution in [0.3, 0.4) is 0 Å². The Balaban J connectivity index is 1.90. The molecule has 2 aliphatic rings. The van der Waals surface area contributed by atoms with E-state index in [9.17, 15) is 0 Å². The van der Waals surface area contributed by atoms with Crippen molar-refractivity contribution in [2.45, 2.75) is 44.2 Å². The first-order valence-corrected chi connectivity index (χ1v) is 7.11. The molecule has 2 atom stereocenters. The number of nitrogens with two attached hydrogens (primary N) is 1. The monoisotopic (exact) mass is 214 g/mol. The summed E-state index contributed by atoms with van der Waals surface area (Å²) in [5.41, 5.74) is 6.21. The van der Waals surface area contributed by atoms with Crippen LogP contribution in [0.5, 0.6) is 0 Å². The van der Waals surface area contributed by atoms with Gasteiger partial charge in [0.25, 0.3) is 0 Å². The lowest BCUT2D eigenvalue weighted by Gasteiger charge is -2.37. The molecule has 2 rings (SSSR count). The Morgan fingerprint density at radius 1 is 1.00 bits per heavy atom. The fourth-order valence-electron chi connectivity index (χ4n) is 2.69. The Bertz CT molecular complexity index is 167. The SMILES string of the molecule is NC1CCCCC1N1CCCSCC1. The van der Waals surface area contributed by atoms with Crippen molar-refractivity contribution in [2.75, 3.05) is 24.6 Å². The largest absolute Gasteiger partial charge is 0.326 e. The summed E-state index contributed by atoms with van der Waals surface area (Å²) in [6.45, 7) is 2.55. The second kappa shape index (κ2) is 5.38. The van der Waals surface area contributed by atoms with Crippen LogP contribution in [0.1, 0.15) is 32.1 Å². The zero-order chi connectivity index (χ0) is 9.80. The van der Waals surface area contributed by atoms with Gasteiger partial charge in [0.2, 0.25) is 0 Å². The Morgan fingerprint density at radius 2 is 1.86 bits per heavy atom. The molecule has 0 aromatic heterocycles. The third kappa shape index (κ3) is 2.65. The second-order valence-electron chi connectivity index (χ2n) is 4.52. The fraction of sp³-hybridized carbons (Fsp3) is 1.00. The lowest BCUT2D eigenvalue weighted by atomic mass is 9.90. The summed E-state index contributed by atoms with van der Waals surface area (Å²) in [5.74, 6) is 2.65. The smallest absolute Gasteiger partial charge is 0.0247 e.